The fraction of sp³-hybridized carbons (Fsp3) is 0.600. The Bertz CT molecular complexity index is 500. The lowest BCUT2D eigenvalue weighted by molar-refractivity contribution is 0.182. The molecule has 1 saturated heterocycles. The maximum Gasteiger partial charge on any atom is 0.331 e. The van der Waals surface area contributed by atoms with E-state index in [4.69, 9.17) is 16.3 Å². The Hall–Kier alpha value is -1.07. The Labute approximate surface area is 97.2 Å². The van der Waals surface area contributed by atoms with E-state index in [1.807, 2.05) is 0 Å². The van der Waals surface area contributed by atoms with Gasteiger partial charge in [0.05, 0.1) is 6.61 Å². The molecule has 1 aliphatic rings. The van der Waals surface area contributed by atoms with Crippen molar-refractivity contribution in [3.05, 3.63) is 32.1 Å². The molecule has 0 radical (unpaired) electrons. The van der Waals surface area contributed by atoms with Gasteiger partial charge in [-0.1, -0.05) is 11.6 Å². The van der Waals surface area contributed by atoms with Crippen LogP contribution in [0.2, 0.25) is 5.15 Å². The largest absolute Gasteiger partial charge is 0.381 e. The molecule has 0 unspecified atom stereocenters. The molecule has 1 aliphatic heterocycles. The molecule has 1 atom stereocenters. The van der Waals surface area contributed by atoms with Crippen molar-refractivity contribution in [1.29, 1.82) is 0 Å². The Balaban J connectivity index is 2.36. The van der Waals surface area contributed by atoms with Crippen LogP contribution in [0.15, 0.2) is 15.7 Å². The number of nitrogens with zero attached hydrogens (tertiary/aromatic N) is 2. The van der Waals surface area contributed by atoms with Crippen LogP contribution >= 0.6 is 11.6 Å². The monoisotopic (exact) mass is 244 g/mol. The van der Waals surface area contributed by atoms with Crippen LogP contribution in [0, 0.1) is 5.92 Å². The molecule has 16 heavy (non-hydrogen) atoms. The second-order valence-corrected chi connectivity index (χ2v) is 4.37. The third kappa shape index (κ3) is 2.05. The van der Waals surface area contributed by atoms with Crippen molar-refractivity contribution in [2.75, 3.05) is 13.2 Å². The van der Waals surface area contributed by atoms with Gasteiger partial charge in [0.25, 0.3) is 5.56 Å². The van der Waals surface area contributed by atoms with Gasteiger partial charge in [-0.2, -0.15) is 0 Å². The fourth-order valence-electron chi connectivity index (χ4n) is 1.79. The van der Waals surface area contributed by atoms with E-state index in [2.05, 4.69) is 0 Å². The standard InChI is InChI=1S/C10H13ClN2O3/c1-12-9(14)4-8(11)13(10(12)15)5-7-2-3-16-6-7/h4,7H,2-3,5-6H2,1H3/t7-/m1/s1. The highest BCUT2D eigenvalue weighted by atomic mass is 35.5. The van der Waals surface area contributed by atoms with Gasteiger partial charge in [-0.25, -0.2) is 4.79 Å². The predicted molar refractivity (Wildman–Crippen MR) is 59.9 cm³/mol. The number of halogens is 1. The van der Waals surface area contributed by atoms with Crippen LogP contribution in [-0.2, 0) is 18.3 Å². The quantitative estimate of drug-likeness (QED) is 0.701. The predicted octanol–water partition coefficient (Wildman–Crippen LogP) is 0.237. The summed E-state index contributed by atoms with van der Waals surface area (Å²) in [6.45, 7) is 1.88. The lowest BCUT2D eigenvalue weighted by Gasteiger charge is -2.12. The minimum Gasteiger partial charge on any atom is -0.381 e. The van der Waals surface area contributed by atoms with E-state index < -0.39 is 0 Å². The van der Waals surface area contributed by atoms with E-state index >= 15 is 0 Å². The van der Waals surface area contributed by atoms with Gasteiger partial charge < -0.3 is 4.74 Å². The molecule has 0 bridgehead atoms. The minimum absolute atomic E-state index is 0.194. The minimum atomic E-state index is -0.381. The second kappa shape index (κ2) is 4.43. The summed E-state index contributed by atoms with van der Waals surface area (Å²) in [6.07, 6.45) is 0.922. The number of hydrogen-bond donors (Lipinski definition) is 0. The van der Waals surface area contributed by atoms with Crippen LogP contribution in [0.3, 0.4) is 0 Å². The highest BCUT2D eigenvalue weighted by Gasteiger charge is 2.18. The molecule has 2 heterocycles. The first kappa shape index (κ1) is 11.4. The van der Waals surface area contributed by atoms with Crippen molar-refractivity contribution in [2.24, 2.45) is 13.0 Å². The molecular formula is C10H13ClN2O3. The van der Waals surface area contributed by atoms with Crippen LogP contribution in [-0.4, -0.2) is 22.3 Å². The molecule has 0 N–H and O–H groups in total. The SMILES string of the molecule is Cn1c(=O)cc(Cl)n(C[C@H]2CCOC2)c1=O. The average Bonchev–Trinajstić information content (AvgIpc) is 2.74. The first-order valence-corrected chi connectivity index (χ1v) is 5.51. The first-order chi connectivity index (χ1) is 7.59. The fourth-order valence-corrected chi connectivity index (χ4v) is 2.03. The van der Waals surface area contributed by atoms with E-state index in [9.17, 15) is 9.59 Å². The van der Waals surface area contributed by atoms with Gasteiger partial charge in [0.15, 0.2) is 0 Å². The van der Waals surface area contributed by atoms with E-state index in [1.54, 1.807) is 0 Å². The summed E-state index contributed by atoms with van der Waals surface area (Å²) in [5, 5.41) is 0.194. The molecule has 2 rings (SSSR count). The average molecular weight is 245 g/mol. The van der Waals surface area contributed by atoms with Gasteiger partial charge >= 0.3 is 5.69 Å². The summed E-state index contributed by atoms with van der Waals surface area (Å²) in [5.41, 5.74) is -0.752. The van der Waals surface area contributed by atoms with Gasteiger partial charge in [-0.3, -0.25) is 13.9 Å². The highest BCUT2D eigenvalue weighted by Crippen LogP contribution is 2.15. The van der Waals surface area contributed by atoms with Gasteiger partial charge in [0, 0.05) is 32.2 Å². The normalized spacial score (nSPS) is 20.2. The van der Waals surface area contributed by atoms with Crippen molar-refractivity contribution in [3.63, 3.8) is 0 Å². The third-order valence-corrected chi connectivity index (χ3v) is 3.13. The lowest BCUT2D eigenvalue weighted by Crippen LogP contribution is -2.38. The van der Waals surface area contributed by atoms with Crippen molar-refractivity contribution >= 4 is 11.6 Å². The zero-order valence-corrected chi connectivity index (χ0v) is 9.74. The molecular weight excluding hydrogens is 232 g/mol. The maximum absolute atomic E-state index is 11.8. The maximum atomic E-state index is 11.8. The van der Waals surface area contributed by atoms with Gasteiger partial charge in [-0.15, -0.1) is 0 Å². The Kier molecular flexibility index (Phi) is 3.16. The summed E-state index contributed by atoms with van der Waals surface area (Å²) >= 11 is 5.89. The zero-order valence-electron chi connectivity index (χ0n) is 8.98. The molecule has 0 aromatic carbocycles. The summed E-state index contributed by atoms with van der Waals surface area (Å²) in [7, 11) is 1.45. The number of ether oxygens (including phenoxy) is 1. The van der Waals surface area contributed by atoms with Gasteiger partial charge in [-0.05, 0) is 6.42 Å². The molecule has 88 valence electrons. The summed E-state index contributed by atoms with van der Waals surface area (Å²) in [5.74, 6) is 0.299. The van der Waals surface area contributed by atoms with E-state index in [0.717, 1.165) is 17.6 Å². The molecule has 0 spiro atoms. The van der Waals surface area contributed by atoms with Crippen LogP contribution in [0.1, 0.15) is 6.42 Å². The van der Waals surface area contributed by atoms with E-state index in [0.29, 0.717) is 19.1 Å². The molecule has 0 aliphatic carbocycles. The van der Waals surface area contributed by atoms with Crippen molar-refractivity contribution in [2.45, 2.75) is 13.0 Å². The third-order valence-electron chi connectivity index (χ3n) is 2.81. The molecule has 1 aromatic rings. The van der Waals surface area contributed by atoms with E-state index in [-0.39, 0.29) is 16.4 Å². The molecule has 5 nitrogen and oxygen atoms in total. The summed E-state index contributed by atoms with van der Waals surface area (Å²) < 4.78 is 7.71. The highest BCUT2D eigenvalue weighted by molar-refractivity contribution is 6.29. The molecule has 6 heteroatoms. The molecule has 1 aromatic heterocycles. The number of hydrogen-bond acceptors (Lipinski definition) is 3. The Morgan fingerprint density at radius 1 is 1.56 bits per heavy atom. The Morgan fingerprint density at radius 3 is 2.94 bits per heavy atom. The summed E-state index contributed by atoms with van der Waals surface area (Å²) in [6, 6.07) is 1.26. The Morgan fingerprint density at radius 2 is 2.31 bits per heavy atom. The first-order valence-electron chi connectivity index (χ1n) is 5.13. The van der Waals surface area contributed by atoms with Crippen LogP contribution in [0.4, 0.5) is 0 Å². The van der Waals surface area contributed by atoms with Crippen LogP contribution < -0.4 is 11.2 Å². The smallest absolute Gasteiger partial charge is 0.331 e. The molecule has 0 amide bonds. The lowest BCUT2D eigenvalue weighted by atomic mass is 10.1. The number of rotatable bonds is 2. The van der Waals surface area contributed by atoms with Gasteiger partial charge in [0.2, 0.25) is 0 Å². The topological polar surface area (TPSA) is 53.2 Å². The van der Waals surface area contributed by atoms with Crippen LogP contribution in [0.5, 0.6) is 0 Å². The van der Waals surface area contributed by atoms with Gasteiger partial charge in [0.1, 0.15) is 5.15 Å². The van der Waals surface area contributed by atoms with Crippen molar-refractivity contribution in [3.8, 4) is 0 Å². The van der Waals surface area contributed by atoms with Crippen molar-refractivity contribution < 1.29 is 4.74 Å². The molecule has 0 saturated carbocycles. The molecule has 1 fully saturated rings. The zero-order chi connectivity index (χ0) is 11.7. The summed E-state index contributed by atoms with van der Waals surface area (Å²) in [4.78, 5) is 23.1. The second-order valence-electron chi connectivity index (χ2n) is 3.99. The van der Waals surface area contributed by atoms with E-state index in [1.165, 1.54) is 17.7 Å². The van der Waals surface area contributed by atoms with Crippen LogP contribution in [0.25, 0.3) is 0 Å². The number of aromatic nitrogens is 2. The van der Waals surface area contributed by atoms with Crippen molar-refractivity contribution in [1.82, 2.24) is 9.13 Å².